The summed E-state index contributed by atoms with van der Waals surface area (Å²) in [7, 11) is -2.59. The maximum Gasteiger partial charge on any atom is 0.404 e. The highest BCUT2D eigenvalue weighted by atomic mass is 32.2. The summed E-state index contributed by atoms with van der Waals surface area (Å²) in [6.45, 7) is 19.0. The molecular weight excluding hydrogens is 1430 g/mol. The summed E-state index contributed by atoms with van der Waals surface area (Å²) in [5.74, 6) is -1.08. The number of pyridine rings is 1. The SMILES string of the molecule is CCCc1ccccc1OC(C(=O)NS(=O)(=O)c1ccc(C(C)C)cc1)c1ccc2c(c1)OCO2.COc1ccc([C@@H]2c3nc(NC(C)C)ccc3[C@H](c3ccc4c(c3)OC(C)(F)O4)[C@H]2C(=O)O)c(CC(C)C(=O)O)c1.Cc1ccc(C2=C(C(=O)O)C(c3ccc4c(c3)OCO4)Oc3ccc(OC(C)C)cc32)s1. The van der Waals surface area contributed by atoms with Gasteiger partial charge in [-0.25, -0.2) is 22.9 Å². The Balaban J connectivity index is 0.000000152. The lowest BCUT2D eigenvalue weighted by Gasteiger charge is -2.30. The first-order chi connectivity index (χ1) is 51.6. The van der Waals surface area contributed by atoms with Crippen LogP contribution in [0.5, 0.6) is 57.5 Å². The molecule has 6 heterocycles. The van der Waals surface area contributed by atoms with Gasteiger partial charge < -0.3 is 68.0 Å². The standard InChI is InChI=1S/C31H33FN2O7.C27H29NO6S.C25H22O6S/c1-15(2)33-24-11-9-21-25(17-6-10-22-23(14-17)41-31(4,32)40-22)27(30(37)38)26(28(21)34-24)20-8-7-19(39-5)13-18(20)12-16(3)29(35)36;1-4-7-20-8-5-6-9-23(20)34-26(21-12-15-24-25(16-21)33-17-32-24)27(29)28-35(30,31)22-13-10-19(11-14-22)18(2)3;1-13(2)30-16-6-8-18-17(11-16)22(21-9-4-14(3)32-21)23(25(26)27)24(31-18)15-5-7-19-20(10-15)29-12-28-19/h6-11,13-16,25-27H,12H2,1-5H3,(H,33,34)(H,35,36)(H,37,38);5-6,8-16,18,26H,4,7,17H2,1-3H3,(H,28,29);4-11,13,24H,12H2,1-3H3,(H,26,27)/t16?,25-,26-,27+,31?;;/m0../s1. The zero-order valence-electron chi connectivity index (χ0n) is 61.3. The highest BCUT2D eigenvalue weighted by Crippen LogP contribution is 2.56. The quantitative estimate of drug-likeness (QED) is 0.0397. The van der Waals surface area contributed by atoms with E-state index >= 15 is 0 Å². The van der Waals surface area contributed by atoms with Crippen molar-refractivity contribution < 1.29 is 94.7 Å². The van der Waals surface area contributed by atoms with Crippen LogP contribution in [0.1, 0.15) is 164 Å². The molecule has 7 aromatic carbocycles. The van der Waals surface area contributed by atoms with E-state index in [-0.39, 0.29) is 60.0 Å². The van der Waals surface area contributed by atoms with Gasteiger partial charge >= 0.3 is 23.9 Å². The number of methoxy groups -OCH3 is 1. The summed E-state index contributed by atoms with van der Waals surface area (Å²) in [5.41, 5.74) is 7.85. The summed E-state index contributed by atoms with van der Waals surface area (Å²) >= 11 is 1.55. The molecule has 9 aromatic rings. The summed E-state index contributed by atoms with van der Waals surface area (Å²) in [6.07, 6.45) is -0.215. The molecule has 564 valence electrons. The van der Waals surface area contributed by atoms with Crippen molar-refractivity contribution in [2.24, 2.45) is 11.8 Å². The number of carbonyl (C=O) groups excluding carboxylic acids is 1. The van der Waals surface area contributed by atoms with Gasteiger partial charge in [-0.15, -0.1) is 11.3 Å². The van der Waals surface area contributed by atoms with Crippen LogP contribution in [0.15, 0.2) is 174 Å². The normalized spacial score (nSPS) is 18.1. The van der Waals surface area contributed by atoms with E-state index in [0.29, 0.717) is 102 Å². The number of hydrogen-bond acceptors (Lipinski definition) is 19. The van der Waals surface area contributed by atoms with E-state index in [1.807, 2.05) is 115 Å². The molecule has 2 aromatic heterocycles. The van der Waals surface area contributed by atoms with Gasteiger partial charge in [-0.3, -0.25) is 14.4 Å². The van der Waals surface area contributed by atoms with Crippen molar-refractivity contribution in [1.82, 2.24) is 9.71 Å². The molecular formula is C83H84FN3O19S2. The number of thiophene rings is 1. The average molecular weight is 1510 g/mol. The lowest BCUT2D eigenvalue weighted by Crippen LogP contribution is -2.37. The molecule has 0 radical (unpaired) electrons. The number of anilines is 1. The van der Waals surface area contributed by atoms with Gasteiger partial charge in [0.15, 0.2) is 40.6 Å². The summed E-state index contributed by atoms with van der Waals surface area (Å²) in [6, 6.07) is 45.5. The van der Waals surface area contributed by atoms with Crippen molar-refractivity contribution in [3.05, 3.63) is 235 Å². The molecule has 1 amide bonds. The first kappa shape index (κ1) is 76.3. The number of rotatable bonds is 23. The van der Waals surface area contributed by atoms with Gasteiger partial charge in [-0.05, 0) is 190 Å². The van der Waals surface area contributed by atoms with Crippen LogP contribution in [0, 0.1) is 18.8 Å². The average Bonchev–Trinajstić information content (AvgIpc) is 1.49. The number of sulfonamides is 1. The number of aromatic nitrogens is 1. The first-order valence-corrected chi connectivity index (χ1v) is 37.7. The molecule has 25 heteroatoms. The van der Waals surface area contributed by atoms with Crippen LogP contribution < -0.4 is 57.4 Å². The van der Waals surface area contributed by atoms with E-state index in [1.165, 1.54) is 19.2 Å². The maximum atomic E-state index is 14.4. The van der Waals surface area contributed by atoms with Crippen LogP contribution in [0.4, 0.5) is 10.2 Å². The molecule has 22 nitrogen and oxygen atoms in total. The van der Waals surface area contributed by atoms with Gasteiger partial charge in [0.1, 0.15) is 28.8 Å². The number of halogens is 1. The molecule has 4 unspecified atom stereocenters. The van der Waals surface area contributed by atoms with Crippen LogP contribution in [0.3, 0.4) is 0 Å². The summed E-state index contributed by atoms with van der Waals surface area (Å²) in [5, 5.41) is 34.0. The van der Waals surface area contributed by atoms with Crippen molar-refractivity contribution in [2.75, 3.05) is 26.0 Å². The van der Waals surface area contributed by atoms with Crippen molar-refractivity contribution in [3.8, 4) is 57.5 Å². The van der Waals surface area contributed by atoms with Crippen LogP contribution in [-0.4, -0.2) is 91.4 Å². The molecule has 0 bridgehead atoms. The predicted octanol–water partition coefficient (Wildman–Crippen LogP) is 16.3. The van der Waals surface area contributed by atoms with E-state index in [0.717, 1.165) is 40.6 Å². The lowest BCUT2D eigenvalue weighted by atomic mass is 9.78. The Labute approximate surface area is 629 Å². The molecule has 108 heavy (non-hydrogen) atoms. The van der Waals surface area contributed by atoms with Crippen molar-refractivity contribution in [2.45, 2.75) is 142 Å². The summed E-state index contributed by atoms with van der Waals surface area (Å²) in [4.78, 5) is 57.8. The van der Waals surface area contributed by atoms with Crippen molar-refractivity contribution >= 4 is 56.6 Å². The van der Waals surface area contributed by atoms with Gasteiger partial charge in [0.05, 0.1) is 41.2 Å². The third-order valence-corrected chi connectivity index (χ3v) is 21.0. The molecule has 0 saturated carbocycles. The number of carboxylic acids is 3. The van der Waals surface area contributed by atoms with Gasteiger partial charge in [0.25, 0.3) is 15.9 Å². The Morgan fingerprint density at radius 1 is 0.667 bits per heavy atom. The molecule has 0 spiro atoms. The largest absolute Gasteiger partial charge is 0.497 e. The molecule has 0 fully saturated rings. The Morgan fingerprint density at radius 2 is 1.31 bits per heavy atom. The third-order valence-electron chi connectivity index (χ3n) is 18.6. The topological polar surface area (TPSA) is 292 Å². The highest BCUT2D eigenvalue weighted by Gasteiger charge is 2.50. The lowest BCUT2D eigenvalue weighted by molar-refractivity contribution is -0.173. The minimum absolute atomic E-state index is 0.00528. The second kappa shape index (κ2) is 32.0. The number of aliphatic carboxylic acids is 3. The molecule has 4 aliphatic heterocycles. The Kier molecular flexibility index (Phi) is 22.6. The highest BCUT2D eigenvalue weighted by molar-refractivity contribution is 7.90. The summed E-state index contributed by atoms with van der Waals surface area (Å²) < 4.78 is 98.7. The Bertz CT molecular complexity index is 5040. The number of ether oxygens (including phenoxy) is 10. The van der Waals surface area contributed by atoms with Crippen LogP contribution in [0.25, 0.3) is 5.57 Å². The Morgan fingerprint density at radius 3 is 1.96 bits per heavy atom. The second-order valence-corrected chi connectivity index (χ2v) is 30.6. The second-order valence-electron chi connectivity index (χ2n) is 27.6. The number of benzene rings is 7. The fourth-order valence-corrected chi connectivity index (χ4v) is 15.6. The number of hydrogen-bond donors (Lipinski definition) is 5. The number of nitrogens with one attached hydrogen (secondary N) is 2. The fourth-order valence-electron chi connectivity index (χ4n) is 13.7. The number of para-hydroxylation sites is 1. The zero-order chi connectivity index (χ0) is 77.0. The molecule has 5 N–H and O–H groups in total. The number of fused-ring (bicyclic) bond motifs is 5. The Hall–Kier alpha value is -11.3. The van der Waals surface area contributed by atoms with Crippen molar-refractivity contribution in [3.63, 3.8) is 0 Å². The van der Waals surface area contributed by atoms with E-state index < -0.39 is 75.8 Å². The molecule has 7 atom stereocenters. The molecule has 14 rings (SSSR count). The van der Waals surface area contributed by atoms with E-state index in [9.17, 15) is 47.3 Å². The fraction of sp³-hybridized carbons (Fsp3) is 0.313. The van der Waals surface area contributed by atoms with Crippen molar-refractivity contribution in [1.29, 1.82) is 0 Å². The number of alkyl halides is 1. The van der Waals surface area contributed by atoms with Gasteiger partial charge in [-0.1, -0.05) is 94.8 Å². The van der Waals surface area contributed by atoms with Crippen LogP contribution >= 0.6 is 11.3 Å². The smallest absolute Gasteiger partial charge is 0.404 e. The number of carbonyl (C=O) groups is 4. The number of nitrogens with zero attached hydrogens (tertiary/aromatic N) is 1. The van der Waals surface area contributed by atoms with E-state index in [1.54, 1.807) is 103 Å². The van der Waals surface area contributed by atoms with Gasteiger partial charge in [0.2, 0.25) is 19.7 Å². The zero-order valence-corrected chi connectivity index (χ0v) is 63.0. The molecule has 5 aliphatic rings. The maximum absolute atomic E-state index is 14.4. The van der Waals surface area contributed by atoms with E-state index in [4.69, 9.17) is 52.4 Å². The minimum atomic E-state index is -4.11. The predicted molar refractivity (Wildman–Crippen MR) is 402 cm³/mol. The van der Waals surface area contributed by atoms with E-state index in [2.05, 4.69) is 17.0 Å². The van der Waals surface area contributed by atoms with Gasteiger partial charge in [0, 0.05) is 56.8 Å². The number of carboxylic acid groups (broad SMARTS) is 3. The minimum Gasteiger partial charge on any atom is -0.497 e. The van der Waals surface area contributed by atoms with Crippen LogP contribution in [-0.2, 0) is 42.0 Å². The third kappa shape index (κ3) is 16.8. The monoisotopic (exact) mass is 1510 g/mol. The molecule has 1 aliphatic carbocycles. The first-order valence-electron chi connectivity index (χ1n) is 35.4. The number of amides is 1. The number of aryl methyl sites for hydroxylation is 2. The van der Waals surface area contributed by atoms with Crippen LogP contribution in [0.2, 0.25) is 0 Å². The molecule has 0 saturated heterocycles. The van der Waals surface area contributed by atoms with Gasteiger partial charge in [-0.2, -0.15) is 4.39 Å².